The lowest BCUT2D eigenvalue weighted by molar-refractivity contribution is -0.160. The Kier molecular flexibility index (Phi) is 8.60. The average Bonchev–Trinajstić information content (AvgIpc) is 3.63. The molecule has 0 bridgehead atoms. The highest BCUT2D eigenvalue weighted by Crippen LogP contribution is 2.46. The Balaban J connectivity index is 1.54. The van der Waals surface area contributed by atoms with Gasteiger partial charge in [0.2, 0.25) is 0 Å². The highest BCUT2D eigenvalue weighted by Gasteiger charge is 2.36. The Morgan fingerprint density at radius 3 is 2.56 bits per heavy atom. The molecule has 1 aliphatic heterocycles. The van der Waals surface area contributed by atoms with Gasteiger partial charge in [-0.3, -0.25) is 9.67 Å². The lowest BCUT2D eigenvalue weighted by Crippen LogP contribution is -2.28. The maximum absolute atomic E-state index is 15.9. The maximum atomic E-state index is 15.9. The highest BCUT2D eigenvalue weighted by atomic mass is 19.4. The van der Waals surface area contributed by atoms with Crippen molar-refractivity contribution < 1.29 is 36.9 Å². The summed E-state index contributed by atoms with van der Waals surface area (Å²) >= 11 is 0. The monoisotopic (exact) mass is 715 g/mol. The number of carboxylic acids is 1. The van der Waals surface area contributed by atoms with Crippen LogP contribution in [0.3, 0.4) is 0 Å². The second-order valence-electron chi connectivity index (χ2n) is 14.2. The van der Waals surface area contributed by atoms with Crippen LogP contribution in [0.25, 0.3) is 55.6 Å². The van der Waals surface area contributed by atoms with Crippen molar-refractivity contribution in [3.63, 3.8) is 0 Å². The largest absolute Gasteiger partial charge is 0.490 e. The van der Waals surface area contributed by atoms with Gasteiger partial charge in [0.05, 0.1) is 35.3 Å². The molecule has 0 aliphatic carbocycles. The minimum atomic E-state index is -4.65. The molecule has 13 heteroatoms. The van der Waals surface area contributed by atoms with Gasteiger partial charge >= 0.3 is 12.1 Å². The number of aryl methyl sites for hydroxylation is 2. The number of ether oxygens (including phenoxy) is 2. The molecule has 0 unspecified atom stereocenters. The SMILES string of the molecule is Cc1nc2c(cc(-c3ccnc(-c4ccc5c(cnn5C)c4)c3)n2CC(F)(F)F)c(-c2cc(F)c3c(c2C)CCCO3)c1[C@H](OC(C)(C)C)C(=O)O. The predicted molar refractivity (Wildman–Crippen MR) is 189 cm³/mol. The second-order valence-corrected chi connectivity index (χ2v) is 14.2. The zero-order chi connectivity index (χ0) is 37.3. The topological polar surface area (TPSA) is 104 Å². The molecule has 1 atom stereocenters. The molecule has 0 fully saturated rings. The summed E-state index contributed by atoms with van der Waals surface area (Å²) in [5.74, 6) is -1.84. The number of carbonyl (C=O) groups is 1. The average molecular weight is 716 g/mol. The van der Waals surface area contributed by atoms with Crippen molar-refractivity contribution in [1.29, 1.82) is 0 Å². The molecule has 1 aliphatic rings. The van der Waals surface area contributed by atoms with E-state index in [0.29, 0.717) is 47.4 Å². The summed E-state index contributed by atoms with van der Waals surface area (Å²) in [5, 5.41) is 15.9. The fourth-order valence-electron chi connectivity index (χ4n) is 7.15. The van der Waals surface area contributed by atoms with Gasteiger partial charge in [-0.15, -0.1) is 0 Å². The Hall–Kier alpha value is -5.30. The number of aromatic nitrogens is 5. The van der Waals surface area contributed by atoms with Crippen LogP contribution in [0, 0.1) is 19.7 Å². The first-order valence-electron chi connectivity index (χ1n) is 16.9. The van der Waals surface area contributed by atoms with Gasteiger partial charge in [-0.2, -0.15) is 18.3 Å². The van der Waals surface area contributed by atoms with Crippen LogP contribution < -0.4 is 4.74 Å². The number of halogens is 4. The molecule has 0 radical (unpaired) electrons. The standard InChI is InChI=1S/C39H37F4N5O4/c1-20-25-8-7-13-51-34(25)28(40)16-26(20)33-27-17-31(23-11-12-44-29(15-23)22-9-10-30-24(14-22)18-45-47(30)6)48(19-39(41,42)43)36(27)46-21(2)32(33)35(37(49)50)52-38(3,4)5/h9-12,14-18,35H,7-8,13,19H2,1-6H3,(H,49,50)/t35-/m0/s1. The van der Waals surface area contributed by atoms with E-state index in [4.69, 9.17) is 9.47 Å². The van der Waals surface area contributed by atoms with Gasteiger partial charge in [-0.25, -0.2) is 14.2 Å². The third-order valence-corrected chi connectivity index (χ3v) is 9.37. The number of carboxylic acid groups (broad SMARTS) is 1. The van der Waals surface area contributed by atoms with E-state index in [-0.39, 0.29) is 39.3 Å². The fraction of sp³-hybridized carbons (Fsp3) is 0.333. The number of pyridine rings is 2. The van der Waals surface area contributed by atoms with Crippen LogP contribution in [0.2, 0.25) is 0 Å². The first kappa shape index (κ1) is 35.1. The van der Waals surface area contributed by atoms with E-state index in [1.807, 2.05) is 25.2 Å². The summed E-state index contributed by atoms with van der Waals surface area (Å²) in [5.41, 5.74) is 3.88. The van der Waals surface area contributed by atoms with E-state index < -0.39 is 36.2 Å². The minimum absolute atomic E-state index is 0.0348. The predicted octanol–water partition coefficient (Wildman–Crippen LogP) is 8.90. The van der Waals surface area contributed by atoms with Gasteiger partial charge in [0.1, 0.15) is 12.2 Å². The molecular weight excluding hydrogens is 678 g/mol. The van der Waals surface area contributed by atoms with E-state index in [0.717, 1.165) is 21.0 Å². The molecule has 5 heterocycles. The Labute approximate surface area is 296 Å². The summed E-state index contributed by atoms with van der Waals surface area (Å²) in [6.07, 6.45) is -1.82. The number of benzene rings is 2. The van der Waals surface area contributed by atoms with E-state index in [1.54, 1.807) is 56.8 Å². The molecule has 52 heavy (non-hydrogen) atoms. The molecule has 4 aromatic heterocycles. The van der Waals surface area contributed by atoms with Crippen LogP contribution in [-0.4, -0.2) is 53.8 Å². The van der Waals surface area contributed by atoms with Crippen LogP contribution >= 0.6 is 0 Å². The first-order chi connectivity index (χ1) is 24.5. The lowest BCUT2D eigenvalue weighted by atomic mass is 9.86. The zero-order valence-corrected chi connectivity index (χ0v) is 29.5. The molecule has 1 N–H and O–H groups in total. The molecular formula is C39H37F4N5O4. The number of fused-ring (bicyclic) bond motifs is 3. The Morgan fingerprint density at radius 1 is 1.08 bits per heavy atom. The summed E-state index contributed by atoms with van der Waals surface area (Å²) in [7, 11) is 1.83. The highest BCUT2D eigenvalue weighted by molar-refractivity contribution is 6.01. The van der Waals surface area contributed by atoms with Crippen molar-refractivity contribution in [3.8, 4) is 39.4 Å². The number of alkyl halides is 3. The van der Waals surface area contributed by atoms with Crippen LogP contribution in [0.5, 0.6) is 5.75 Å². The summed E-state index contributed by atoms with van der Waals surface area (Å²) in [6.45, 7) is 7.40. The van der Waals surface area contributed by atoms with Crippen LogP contribution in [0.15, 0.2) is 54.9 Å². The molecule has 9 nitrogen and oxygen atoms in total. The molecule has 270 valence electrons. The molecule has 0 saturated carbocycles. The van der Waals surface area contributed by atoms with E-state index in [9.17, 15) is 23.1 Å². The molecule has 6 aromatic rings. The normalized spacial score (nSPS) is 14.1. The smallest absolute Gasteiger partial charge is 0.406 e. The van der Waals surface area contributed by atoms with E-state index in [1.165, 1.54) is 19.2 Å². The number of hydrogen-bond donors (Lipinski definition) is 1. The Morgan fingerprint density at radius 2 is 1.85 bits per heavy atom. The summed E-state index contributed by atoms with van der Waals surface area (Å²) < 4.78 is 73.8. The minimum Gasteiger partial charge on any atom is -0.490 e. The third-order valence-electron chi connectivity index (χ3n) is 9.37. The summed E-state index contributed by atoms with van der Waals surface area (Å²) in [6, 6.07) is 11.8. The van der Waals surface area contributed by atoms with Crippen molar-refractivity contribution in [1.82, 2.24) is 24.3 Å². The number of nitrogens with zero attached hydrogens (tertiary/aromatic N) is 5. The van der Waals surface area contributed by atoms with Crippen LogP contribution in [0.1, 0.15) is 55.7 Å². The number of hydrogen-bond acceptors (Lipinski definition) is 6. The maximum Gasteiger partial charge on any atom is 0.406 e. The molecule has 0 amide bonds. The molecule has 0 saturated heterocycles. The quantitative estimate of drug-likeness (QED) is 0.165. The molecule has 0 spiro atoms. The van der Waals surface area contributed by atoms with Gasteiger partial charge in [0.15, 0.2) is 17.7 Å². The number of aliphatic carboxylic acids is 1. The van der Waals surface area contributed by atoms with Crippen molar-refractivity contribution in [2.24, 2.45) is 7.05 Å². The number of rotatable bonds is 7. The van der Waals surface area contributed by atoms with Gasteiger partial charge in [-0.05, 0) is 95.0 Å². The fourth-order valence-corrected chi connectivity index (χ4v) is 7.15. The van der Waals surface area contributed by atoms with Crippen molar-refractivity contribution in [2.45, 2.75) is 71.9 Å². The molecule has 2 aromatic carbocycles. The van der Waals surface area contributed by atoms with Gasteiger partial charge in [0, 0.05) is 57.5 Å². The van der Waals surface area contributed by atoms with E-state index in [2.05, 4.69) is 15.1 Å². The van der Waals surface area contributed by atoms with Crippen molar-refractivity contribution >= 4 is 27.9 Å². The third kappa shape index (κ3) is 6.38. The van der Waals surface area contributed by atoms with Gasteiger partial charge in [0.25, 0.3) is 0 Å². The van der Waals surface area contributed by atoms with Gasteiger partial charge < -0.3 is 19.1 Å². The van der Waals surface area contributed by atoms with Crippen molar-refractivity contribution in [2.75, 3.05) is 6.61 Å². The van der Waals surface area contributed by atoms with Gasteiger partial charge in [-0.1, -0.05) is 6.07 Å². The summed E-state index contributed by atoms with van der Waals surface area (Å²) in [4.78, 5) is 22.1. The van der Waals surface area contributed by atoms with E-state index >= 15 is 4.39 Å². The zero-order valence-electron chi connectivity index (χ0n) is 29.5. The lowest BCUT2D eigenvalue weighted by Gasteiger charge is -2.29. The molecule has 7 rings (SSSR count). The van der Waals surface area contributed by atoms with Crippen LogP contribution in [0.4, 0.5) is 17.6 Å². The Bertz CT molecular complexity index is 2390. The van der Waals surface area contributed by atoms with Crippen molar-refractivity contribution in [3.05, 3.63) is 83.1 Å². The second kappa shape index (κ2) is 12.7. The first-order valence-corrected chi connectivity index (χ1v) is 16.9. The van der Waals surface area contributed by atoms with Crippen LogP contribution in [-0.2, 0) is 29.5 Å².